The van der Waals surface area contributed by atoms with Gasteiger partial charge in [-0.15, -0.1) is 0 Å². The molecule has 1 heterocycles. The molecule has 2 rings (SSSR count). The van der Waals surface area contributed by atoms with Gasteiger partial charge >= 0.3 is 5.97 Å². The Hall–Kier alpha value is -1.60. The second-order valence-corrected chi connectivity index (χ2v) is 4.72. The number of nitrogens with zero attached hydrogens (tertiary/aromatic N) is 1. The lowest BCUT2D eigenvalue weighted by atomic mass is 10.3. The van der Waals surface area contributed by atoms with Crippen molar-refractivity contribution in [2.24, 2.45) is 0 Å². The molecule has 0 spiro atoms. The second kappa shape index (κ2) is 4.72. The number of hydrogen-bond acceptors (Lipinski definition) is 5. The molecule has 2 N–H and O–H groups in total. The molecular formula is C10H6BrNO4S. The van der Waals surface area contributed by atoms with E-state index in [9.17, 15) is 9.90 Å². The summed E-state index contributed by atoms with van der Waals surface area (Å²) in [5, 5.41) is 18.3. The molecule has 0 saturated carbocycles. The van der Waals surface area contributed by atoms with Gasteiger partial charge < -0.3 is 14.9 Å². The standard InChI is InChI=1S/C10H6BrNO4S/c11-8-7(9(14)15)17-10(12-8)16-6-3-1-2-5(13)4-6/h1-4,13H,(H,14,15). The number of benzene rings is 1. The summed E-state index contributed by atoms with van der Waals surface area (Å²) in [7, 11) is 0. The summed E-state index contributed by atoms with van der Waals surface area (Å²) in [4.78, 5) is 14.8. The molecule has 0 bridgehead atoms. The number of rotatable bonds is 3. The summed E-state index contributed by atoms with van der Waals surface area (Å²) in [6, 6.07) is 6.17. The summed E-state index contributed by atoms with van der Waals surface area (Å²) in [6.45, 7) is 0. The fourth-order valence-electron chi connectivity index (χ4n) is 1.11. The smallest absolute Gasteiger partial charge is 0.348 e. The second-order valence-electron chi connectivity index (χ2n) is 3.00. The highest BCUT2D eigenvalue weighted by molar-refractivity contribution is 9.10. The Balaban J connectivity index is 2.25. The highest BCUT2D eigenvalue weighted by atomic mass is 79.9. The lowest BCUT2D eigenvalue weighted by Crippen LogP contribution is -1.91. The largest absolute Gasteiger partial charge is 0.508 e. The molecule has 0 radical (unpaired) electrons. The zero-order chi connectivity index (χ0) is 12.4. The number of aromatic nitrogens is 1. The van der Waals surface area contributed by atoms with E-state index >= 15 is 0 Å². The molecule has 0 saturated heterocycles. The minimum atomic E-state index is -1.07. The summed E-state index contributed by atoms with van der Waals surface area (Å²) < 4.78 is 5.55. The molecule has 5 nitrogen and oxygen atoms in total. The first-order chi connectivity index (χ1) is 8.06. The van der Waals surface area contributed by atoms with E-state index < -0.39 is 5.97 Å². The fraction of sp³-hybridized carbons (Fsp3) is 0. The third-order valence-corrected chi connectivity index (χ3v) is 3.54. The van der Waals surface area contributed by atoms with E-state index in [0.717, 1.165) is 11.3 Å². The van der Waals surface area contributed by atoms with Crippen LogP contribution in [0.25, 0.3) is 0 Å². The van der Waals surface area contributed by atoms with Crippen molar-refractivity contribution >= 4 is 33.2 Å². The maximum atomic E-state index is 10.8. The number of phenols is 1. The van der Waals surface area contributed by atoms with Crippen molar-refractivity contribution in [3.8, 4) is 16.7 Å². The first kappa shape index (κ1) is 11.9. The summed E-state index contributed by atoms with van der Waals surface area (Å²) >= 11 is 3.94. The molecule has 0 fully saturated rings. The molecule has 0 aliphatic rings. The van der Waals surface area contributed by atoms with Crippen molar-refractivity contribution in [1.82, 2.24) is 4.98 Å². The van der Waals surface area contributed by atoms with E-state index in [1.165, 1.54) is 12.1 Å². The van der Waals surface area contributed by atoms with Crippen LogP contribution < -0.4 is 4.74 Å². The van der Waals surface area contributed by atoms with Crippen molar-refractivity contribution in [2.45, 2.75) is 0 Å². The third kappa shape index (κ3) is 2.75. The Kier molecular flexibility index (Phi) is 3.30. The lowest BCUT2D eigenvalue weighted by molar-refractivity contribution is 0.0701. The number of halogens is 1. The van der Waals surface area contributed by atoms with E-state index in [4.69, 9.17) is 9.84 Å². The number of phenolic OH excluding ortho intramolecular Hbond substituents is 1. The average molecular weight is 316 g/mol. The molecule has 1 aromatic heterocycles. The monoisotopic (exact) mass is 315 g/mol. The summed E-state index contributed by atoms with van der Waals surface area (Å²) in [5.41, 5.74) is 0. The van der Waals surface area contributed by atoms with E-state index in [0.29, 0.717) is 5.75 Å². The van der Waals surface area contributed by atoms with Gasteiger partial charge in [0, 0.05) is 6.07 Å². The maximum absolute atomic E-state index is 10.8. The molecule has 0 atom stereocenters. The Labute approximate surface area is 108 Å². The van der Waals surface area contributed by atoms with Crippen LogP contribution in [0.5, 0.6) is 16.7 Å². The Morgan fingerprint density at radius 2 is 2.24 bits per heavy atom. The van der Waals surface area contributed by atoms with E-state index in [1.807, 2.05) is 0 Å². The molecule has 0 aliphatic heterocycles. The van der Waals surface area contributed by atoms with Crippen molar-refractivity contribution in [1.29, 1.82) is 0 Å². The van der Waals surface area contributed by atoms with Gasteiger partial charge in [-0.2, -0.15) is 4.98 Å². The Morgan fingerprint density at radius 3 is 2.82 bits per heavy atom. The van der Waals surface area contributed by atoms with Gasteiger partial charge in [-0.3, -0.25) is 0 Å². The number of ether oxygens (including phenoxy) is 1. The molecule has 0 amide bonds. The van der Waals surface area contributed by atoms with Crippen molar-refractivity contribution in [3.63, 3.8) is 0 Å². The van der Waals surface area contributed by atoms with Crippen LogP contribution in [0.2, 0.25) is 0 Å². The van der Waals surface area contributed by atoms with Crippen molar-refractivity contribution in [3.05, 3.63) is 33.7 Å². The quantitative estimate of drug-likeness (QED) is 0.909. The first-order valence-corrected chi connectivity index (χ1v) is 6.03. The molecule has 2 aromatic rings. The van der Waals surface area contributed by atoms with Gasteiger partial charge in [-0.05, 0) is 28.1 Å². The number of aromatic carboxylic acids is 1. The topological polar surface area (TPSA) is 79.7 Å². The van der Waals surface area contributed by atoms with E-state index in [1.54, 1.807) is 12.1 Å². The van der Waals surface area contributed by atoms with E-state index in [-0.39, 0.29) is 20.4 Å². The number of thiazole rings is 1. The highest BCUT2D eigenvalue weighted by Crippen LogP contribution is 2.32. The van der Waals surface area contributed by atoms with Crippen LogP contribution in [0.15, 0.2) is 28.9 Å². The van der Waals surface area contributed by atoms with Gasteiger partial charge in [0.15, 0.2) is 0 Å². The fourth-order valence-corrected chi connectivity index (χ4v) is 2.46. The summed E-state index contributed by atoms with van der Waals surface area (Å²) in [5.74, 6) is -0.611. The SMILES string of the molecule is O=C(O)c1sc(Oc2cccc(O)c2)nc1Br. The normalized spacial score (nSPS) is 10.2. The minimum absolute atomic E-state index is 0.0663. The van der Waals surface area contributed by atoms with Crippen LogP contribution >= 0.6 is 27.3 Å². The van der Waals surface area contributed by atoms with Gasteiger partial charge in [0.25, 0.3) is 5.19 Å². The molecule has 88 valence electrons. The van der Waals surface area contributed by atoms with Crippen molar-refractivity contribution < 1.29 is 19.7 Å². The zero-order valence-electron chi connectivity index (χ0n) is 8.25. The average Bonchev–Trinajstić information content (AvgIpc) is 2.59. The van der Waals surface area contributed by atoms with Crippen LogP contribution in [0.4, 0.5) is 0 Å². The highest BCUT2D eigenvalue weighted by Gasteiger charge is 2.16. The van der Waals surface area contributed by atoms with E-state index in [2.05, 4.69) is 20.9 Å². The predicted octanol–water partition coefficient (Wildman–Crippen LogP) is 3.10. The van der Waals surface area contributed by atoms with Gasteiger partial charge in [0.2, 0.25) is 0 Å². The molecule has 7 heteroatoms. The van der Waals surface area contributed by atoms with Crippen molar-refractivity contribution in [2.75, 3.05) is 0 Å². The van der Waals surface area contributed by atoms with Gasteiger partial charge in [-0.1, -0.05) is 17.4 Å². The molecule has 1 aromatic carbocycles. The maximum Gasteiger partial charge on any atom is 0.348 e. The van der Waals surface area contributed by atoms with Gasteiger partial charge in [0.1, 0.15) is 21.0 Å². The van der Waals surface area contributed by atoms with Crippen LogP contribution in [0.1, 0.15) is 9.67 Å². The van der Waals surface area contributed by atoms with Gasteiger partial charge in [-0.25, -0.2) is 4.79 Å². The summed E-state index contributed by atoms with van der Waals surface area (Å²) in [6.07, 6.45) is 0. The Morgan fingerprint density at radius 1 is 1.47 bits per heavy atom. The Bertz CT molecular complexity index is 569. The minimum Gasteiger partial charge on any atom is -0.508 e. The third-order valence-electron chi connectivity index (χ3n) is 1.78. The zero-order valence-corrected chi connectivity index (χ0v) is 10.7. The van der Waals surface area contributed by atoms with Crippen LogP contribution in [0.3, 0.4) is 0 Å². The molecule has 0 unspecified atom stereocenters. The predicted molar refractivity (Wildman–Crippen MR) is 65.0 cm³/mol. The number of aromatic hydroxyl groups is 1. The molecule has 17 heavy (non-hydrogen) atoms. The van der Waals surface area contributed by atoms with Crippen LogP contribution in [-0.4, -0.2) is 21.2 Å². The number of hydrogen-bond donors (Lipinski definition) is 2. The molecule has 0 aliphatic carbocycles. The number of carbonyl (C=O) groups is 1. The lowest BCUT2D eigenvalue weighted by Gasteiger charge is -2.00. The number of carboxylic acids is 1. The number of carboxylic acid groups (broad SMARTS) is 1. The first-order valence-electron chi connectivity index (χ1n) is 4.43. The van der Waals surface area contributed by atoms with Crippen LogP contribution in [0, 0.1) is 0 Å². The van der Waals surface area contributed by atoms with Gasteiger partial charge in [0.05, 0.1) is 0 Å². The molecular weight excluding hydrogens is 310 g/mol. The van der Waals surface area contributed by atoms with Crippen LogP contribution in [-0.2, 0) is 0 Å².